The van der Waals surface area contributed by atoms with E-state index >= 15 is 0 Å². The van der Waals surface area contributed by atoms with Crippen LogP contribution in [0.4, 0.5) is 5.69 Å². The van der Waals surface area contributed by atoms with Gasteiger partial charge in [0.25, 0.3) is 0 Å². The predicted molar refractivity (Wildman–Crippen MR) is 124 cm³/mol. The molecule has 8 heteroatoms. The molecule has 0 saturated carbocycles. The second-order valence-electron chi connectivity index (χ2n) is 8.94. The molecular weight excluding hydrogens is 428 g/mol. The van der Waals surface area contributed by atoms with E-state index in [0.29, 0.717) is 18.0 Å². The maximum absolute atomic E-state index is 12.5. The topological polar surface area (TPSA) is 93.7 Å². The van der Waals surface area contributed by atoms with Crippen LogP contribution in [-0.4, -0.2) is 40.2 Å². The third-order valence-electron chi connectivity index (χ3n) is 5.27. The highest BCUT2D eigenvalue weighted by Crippen LogP contribution is 2.23. The molecule has 2 N–H and O–H groups in total. The summed E-state index contributed by atoms with van der Waals surface area (Å²) in [6, 6.07) is 13.9. The fourth-order valence-corrected chi connectivity index (χ4v) is 4.37. The van der Waals surface area contributed by atoms with Gasteiger partial charge in [0.2, 0.25) is 15.9 Å². The van der Waals surface area contributed by atoms with E-state index in [9.17, 15) is 13.2 Å². The monoisotopic (exact) mass is 460 g/mol. The highest BCUT2D eigenvalue weighted by Gasteiger charge is 2.18. The van der Waals surface area contributed by atoms with Gasteiger partial charge in [-0.15, -0.1) is 0 Å². The molecule has 1 aliphatic heterocycles. The standard InChI is InChI=1S/C24H32N2O5S/c1-24(2,3)18-6-12-22(13-7-18)32(28,29)25-15-14-23(27)26-19-8-10-20(11-9-19)31-17-21-5-4-16-30-21/h6-13,21,25H,4-5,14-17H2,1-3H3,(H,26,27). The van der Waals surface area contributed by atoms with Gasteiger partial charge >= 0.3 is 0 Å². The van der Waals surface area contributed by atoms with Gasteiger partial charge in [0, 0.05) is 25.3 Å². The minimum absolute atomic E-state index is 0.0117. The number of nitrogens with one attached hydrogen (secondary N) is 2. The van der Waals surface area contributed by atoms with E-state index in [4.69, 9.17) is 9.47 Å². The zero-order valence-corrected chi connectivity index (χ0v) is 19.7. The summed E-state index contributed by atoms with van der Waals surface area (Å²) < 4.78 is 38.6. The van der Waals surface area contributed by atoms with Crippen molar-refractivity contribution < 1.29 is 22.7 Å². The number of amides is 1. The molecule has 1 unspecified atom stereocenters. The van der Waals surface area contributed by atoms with Crippen molar-refractivity contribution in [1.82, 2.24) is 4.72 Å². The zero-order chi connectivity index (χ0) is 23.2. The van der Waals surface area contributed by atoms with Crippen LogP contribution in [-0.2, 0) is 25.0 Å². The Kier molecular flexibility index (Phi) is 7.92. The number of benzene rings is 2. The van der Waals surface area contributed by atoms with Crippen molar-refractivity contribution in [3.8, 4) is 5.75 Å². The van der Waals surface area contributed by atoms with Crippen molar-refractivity contribution >= 4 is 21.6 Å². The van der Waals surface area contributed by atoms with Gasteiger partial charge in [-0.3, -0.25) is 4.79 Å². The second kappa shape index (κ2) is 10.5. The van der Waals surface area contributed by atoms with Crippen LogP contribution in [0.5, 0.6) is 5.75 Å². The Bertz CT molecular complexity index is 990. The zero-order valence-electron chi connectivity index (χ0n) is 18.9. The first-order valence-corrected chi connectivity index (χ1v) is 12.4. The van der Waals surface area contributed by atoms with Crippen LogP contribution in [0.3, 0.4) is 0 Å². The van der Waals surface area contributed by atoms with E-state index < -0.39 is 10.0 Å². The Hall–Kier alpha value is -2.42. The molecule has 0 aromatic heterocycles. The van der Waals surface area contributed by atoms with Gasteiger partial charge in [0.15, 0.2) is 0 Å². The molecule has 1 fully saturated rings. The van der Waals surface area contributed by atoms with Gasteiger partial charge in [0.1, 0.15) is 12.4 Å². The SMILES string of the molecule is CC(C)(C)c1ccc(S(=O)(=O)NCCC(=O)Nc2ccc(OCC3CCCO3)cc2)cc1. The Morgan fingerprint density at radius 3 is 2.38 bits per heavy atom. The van der Waals surface area contributed by atoms with Gasteiger partial charge in [-0.2, -0.15) is 0 Å². The lowest BCUT2D eigenvalue weighted by atomic mass is 9.87. The first kappa shape index (κ1) is 24.2. The molecule has 1 aliphatic rings. The molecule has 1 atom stereocenters. The van der Waals surface area contributed by atoms with Crippen LogP contribution in [0.25, 0.3) is 0 Å². The largest absolute Gasteiger partial charge is 0.491 e. The molecule has 0 radical (unpaired) electrons. The van der Waals surface area contributed by atoms with E-state index in [2.05, 4.69) is 30.8 Å². The van der Waals surface area contributed by atoms with E-state index in [-0.39, 0.29) is 35.3 Å². The third-order valence-corrected chi connectivity index (χ3v) is 6.75. The van der Waals surface area contributed by atoms with Crippen LogP contribution in [0.2, 0.25) is 0 Å². The number of anilines is 1. The lowest BCUT2D eigenvalue weighted by Gasteiger charge is -2.19. The van der Waals surface area contributed by atoms with Crippen LogP contribution in [0.1, 0.15) is 45.6 Å². The van der Waals surface area contributed by atoms with E-state index in [1.54, 1.807) is 36.4 Å². The molecule has 2 aromatic rings. The molecule has 7 nitrogen and oxygen atoms in total. The van der Waals surface area contributed by atoms with Gasteiger partial charge in [0.05, 0.1) is 11.0 Å². The molecule has 1 saturated heterocycles. The lowest BCUT2D eigenvalue weighted by Crippen LogP contribution is -2.28. The van der Waals surface area contributed by atoms with Crippen molar-refractivity contribution in [1.29, 1.82) is 0 Å². The smallest absolute Gasteiger partial charge is 0.240 e. The fraction of sp³-hybridized carbons (Fsp3) is 0.458. The number of hydrogen-bond donors (Lipinski definition) is 2. The second-order valence-corrected chi connectivity index (χ2v) is 10.7. The lowest BCUT2D eigenvalue weighted by molar-refractivity contribution is -0.116. The minimum Gasteiger partial charge on any atom is -0.491 e. The molecule has 2 aromatic carbocycles. The third kappa shape index (κ3) is 7.05. The summed E-state index contributed by atoms with van der Waals surface area (Å²) in [6.45, 7) is 7.53. The van der Waals surface area contributed by atoms with Gasteiger partial charge < -0.3 is 14.8 Å². The summed E-state index contributed by atoms with van der Waals surface area (Å²) in [4.78, 5) is 12.4. The summed E-state index contributed by atoms with van der Waals surface area (Å²) >= 11 is 0. The van der Waals surface area contributed by atoms with Crippen molar-refractivity contribution in [3.05, 3.63) is 54.1 Å². The van der Waals surface area contributed by atoms with Crippen molar-refractivity contribution in [3.63, 3.8) is 0 Å². The summed E-state index contributed by atoms with van der Waals surface area (Å²) in [5, 5.41) is 2.76. The number of hydrogen-bond acceptors (Lipinski definition) is 5. The highest BCUT2D eigenvalue weighted by molar-refractivity contribution is 7.89. The molecular formula is C24H32N2O5S. The van der Waals surface area contributed by atoms with Crippen LogP contribution in [0, 0.1) is 0 Å². The van der Waals surface area contributed by atoms with Crippen molar-refractivity contribution in [2.45, 2.75) is 56.4 Å². The predicted octanol–water partition coefficient (Wildman–Crippen LogP) is 3.85. The number of carbonyl (C=O) groups excluding carboxylic acids is 1. The van der Waals surface area contributed by atoms with Crippen LogP contribution in [0.15, 0.2) is 53.4 Å². The van der Waals surface area contributed by atoms with Crippen molar-refractivity contribution in [2.24, 2.45) is 0 Å². The Morgan fingerprint density at radius 1 is 1.09 bits per heavy atom. The van der Waals surface area contributed by atoms with Gasteiger partial charge in [-0.25, -0.2) is 13.1 Å². The summed E-state index contributed by atoms with van der Waals surface area (Å²) in [5.74, 6) is 0.438. The molecule has 0 aliphatic carbocycles. The average Bonchev–Trinajstić information content (AvgIpc) is 3.26. The van der Waals surface area contributed by atoms with Crippen LogP contribution < -0.4 is 14.8 Å². The number of ether oxygens (including phenoxy) is 2. The number of sulfonamides is 1. The maximum Gasteiger partial charge on any atom is 0.240 e. The normalized spacial score (nSPS) is 16.7. The molecule has 174 valence electrons. The molecule has 1 amide bonds. The fourth-order valence-electron chi connectivity index (χ4n) is 3.34. The highest BCUT2D eigenvalue weighted by atomic mass is 32.2. The molecule has 1 heterocycles. The van der Waals surface area contributed by atoms with Crippen LogP contribution >= 0.6 is 0 Å². The molecule has 0 bridgehead atoms. The number of rotatable bonds is 9. The molecule has 3 rings (SSSR count). The Morgan fingerprint density at radius 2 is 1.78 bits per heavy atom. The van der Waals surface area contributed by atoms with Crippen molar-refractivity contribution in [2.75, 3.05) is 25.1 Å². The van der Waals surface area contributed by atoms with E-state index in [1.807, 2.05) is 12.1 Å². The van der Waals surface area contributed by atoms with E-state index in [1.165, 1.54) is 0 Å². The minimum atomic E-state index is -3.67. The molecule has 0 spiro atoms. The summed E-state index contributed by atoms with van der Waals surface area (Å²) in [5.41, 5.74) is 1.63. The first-order chi connectivity index (χ1) is 15.1. The summed E-state index contributed by atoms with van der Waals surface area (Å²) in [7, 11) is -3.67. The first-order valence-electron chi connectivity index (χ1n) is 10.9. The summed E-state index contributed by atoms with van der Waals surface area (Å²) in [6.07, 6.45) is 2.25. The van der Waals surface area contributed by atoms with E-state index in [0.717, 1.165) is 25.0 Å². The average molecular weight is 461 g/mol. The molecule has 32 heavy (non-hydrogen) atoms. The van der Waals surface area contributed by atoms with Gasteiger partial charge in [-0.05, 0) is 60.2 Å². The van der Waals surface area contributed by atoms with Gasteiger partial charge in [-0.1, -0.05) is 32.9 Å². The Balaban J connectivity index is 1.43. The quantitative estimate of drug-likeness (QED) is 0.593. The Labute approximate surface area is 190 Å². The number of carbonyl (C=O) groups is 1. The maximum atomic E-state index is 12.5.